The molecule has 2 rings (SSSR count). The summed E-state index contributed by atoms with van der Waals surface area (Å²) in [5.41, 5.74) is 0.740. The van der Waals surface area contributed by atoms with Gasteiger partial charge in [-0.15, -0.1) is 11.8 Å². The number of hydrogen-bond acceptors (Lipinski definition) is 3. The minimum Gasteiger partial charge on any atom is -0.393 e. The van der Waals surface area contributed by atoms with Crippen LogP contribution in [-0.4, -0.2) is 41.4 Å². The van der Waals surface area contributed by atoms with E-state index >= 15 is 0 Å². The highest BCUT2D eigenvalue weighted by Gasteiger charge is 2.26. The molecule has 0 bridgehead atoms. The molecule has 0 aliphatic carbocycles. The van der Waals surface area contributed by atoms with Gasteiger partial charge in [-0.05, 0) is 50.3 Å². The fraction of sp³-hybridized carbons (Fsp3) is 0.533. The van der Waals surface area contributed by atoms with E-state index in [0.717, 1.165) is 29.8 Å². The van der Waals surface area contributed by atoms with Gasteiger partial charge < -0.3 is 10.0 Å². The summed E-state index contributed by atoms with van der Waals surface area (Å²) >= 11 is 1.67. The first kappa shape index (κ1) is 14.4. The van der Waals surface area contributed by atoms with Crippen LogP contribution in [-0.2, 0) is 0 Å². The number of piperidine rings is 1. The first-order valence-electron chi connectivity index (χ1n) is 6.73. The number of aliphatic hydroxyl groups is 1. The van der Waals surface area contributed by atoms with E-state index < -0.39 is 0 Å². The Hall–Kier alpha value is -1.00. The Bertz CT molecular complexity index is 430. The van der Waals surface area contributed by atoms with Crippen molar-refractivity contribution in [1.29, 1.82) is 0 Å². The monoisotopic (exact) mass is 279 g/mol. The molecule has 1 aromatic carbocycles. The molecule has 1 aliphatic rings. The van der Waals surface area contributed by atoms with E-state index in [9.17, 15) is 9.90 Å². The Kier molecular flexibility index (Phi) is 4.88. The molecule has 0 aromatic heterocycles. The highest BCUT2D eigenvalue weighted by Crippen LogP contribution is 2.22. The van der Waals surface area contributed by atoms with Crippen LogP contribution in [0.1, 0.15) is 30.1 Å². The number of benzene rings is 1. The maximum Gasteiger partial charge on any atom is 0.253 e. The van der Waals surface area contributed by atoms with Gasteiger partial charge in [0.2, 0.25) is 0 Å². The highest BCUT2D eigenvalue weighted by molar-refractivity contribution is 7.98. The van der Waals surface area contributed by atoms with E-state index in [1.165, 1.54) is 0 Å². The standard InChI is InChI=1S/C15H21NO2S/c1-11(17)13-4-3-9-16(10-13)15(18)12-5-7-14(19-2)8-6-12/h5-8,11,13,17H,3-4,9-10H2,1-2H3. The Morgan fingerprint density at radius 1 is 1.42 bits per heavy atom. The molecule has 2 atom stereocenters. The van der Waals surface area contributed by atoms with Crippen LogP contribution >= 0.6 is 11.8 Å². The highest BCUT2D eigenvalue weighted by atomic mass is 32.2. The van der Waals surface area contributed by atoms with E-state index in [1.54, 1.807) is 11.8 Å². The van der Waals surface area contributed by atoms with Crippen molar-refractivity contribution in [2.24, 2.45) is 5.92 Å². The topological polar surface area (TPSA) is 40.5 Å². The molecule has 4 heteroatoms. The summed E-state index contributed by atoms with van der Waals surface area (Å²) in [6.07, 6.45) is 3.67. The number of thioether (sulfide) groups is 1. The second-order valence-electron chi connectivity index (χ2n) is 5.12. The number of carbonyl (C=O) groups excluding carboxylic acids is 1. The predicted octanol–water partition coefficient (Wildman–Crippen LogP) is 2.64. The molecule has 3 nitrogen and oxygen atoms in total. The number of likely N-dealkylation sites (tertiary alicyclic amines) is 1. The zero-order valence-electron chi connectivity index (χ0n) is 11.5. The summed E-state index contributed by atoms with van der Waals surface area (Å²) in [6, 6.07) is 7.74. The molecule has 1 fully saturated rings. The summed E-state index contributed by atoms with van der Waals surface area (Å²) in [5, 5.41) is 9.67. The third kappa shape index (κ3) is 3.51. The van der Waals surface area contributed by atoms with Gasteiger partial charge in [-0.3, -0.25) is 4.79 Å². The van der Waals surface area contributed by atoms with Crippen molar-refractivity contribution in [2.45, 2.75) is 30.8 Å². The van der Waals surface area contributed by atoms with Gasteiger partial charge in [0.05, 0.1) is 6.10 Å². The van der Waals surface area contributed by atoms with E-state index in [-0.39, 0.29) is 17.9 Å². The molecule has 2 unspecified atom stereocenters. The second kappa shape index (κ2) is 6.44. The summed E-state index contributed by atoms with van der Waals surface area (Å²) in [6.45, 7) is 3.28. The molecular formula is C15H21NO2S. The van der Waals surface area contributed by atoms with Crippen LogP contribution in [0.4, 0.5) is 0 Å². The van der Waals surface area contributed by atoms with Crippen molar-refractivity contribution in [3.05, 3.63) is 29.8 Å². The second-order valence-corrected chi connectivity index (χ2v) is 6.00. The molecule has 1 heterocycles. The summed E-state index contributed by atoms with van der Waals surface area (Å²) in [7, 11) is 0. The zero-order valence-corrected chi connectivity index (χ0v) is 12.3. The van der Waals surface area contributed by atoms with Crippen molar-refractivity contribution >= 4 is 17.7 Å². The van der Waals surface area contributed by atoms with Crippen molar-refractivity contribution in [2.75, 3.05) is 19.3 Å². The zero-order chi connectivity index (χ0) is 13.8. The number of nitrogens with zero attached hydrogens (tertiary/aromatic N) is 1. The van der Waals surface area contributed by atoms with Crippen LogP contribution in [0.5, 0.6) is 0 Å². The van der Waals surface area contributed by atoms with Crippen molar-refractivity contribution < 1.29 is 9.90 Å². The molecule has 1 saturated heterocycles. The van der Waals surface area contributed by atoms with Gasteiger partial charge >= 0.3 is 0 Å². The van der Waals surface area contributed by atoms with Crippen LogP contribution in [0.25, 0.3) is 0 Å². The van der Waals surface area contributed by atoms with Crippen LogP contribution in [0.15, 0.2) is 29.2 Å². The number of hydrogen-bond donors (Lipinski definition) is 1. The van der Waals surface area contributed by atoms with Crippen LogP contribution < -0.4 is 0 Å². The minimum atomic E-state index is -0.338. The van der Waals surface area contributed by atoms with Crippen molar-refractivity contribution in [3.8, 4) is 0 Å². The van der Waals surface area contributed by atoms with E-state index in [1.807, 2.05) is 42.3 Å². The van der Waals surface area contributed by atoms with Crippen LogP contribution in [0.2, 0.25) is 0 Å². The summed E-state index contributed by atoms with van der Waals surface area (Å²) in [5.74, 6) is 0.293. The third-order valence-corrected chi connectivity index (χ3v) is 4.51. The number of carbonyl (C=O) groups is 1. The Labute approximate surface area is 119 Å². The van der Waals surface area contributed by atoms with Gasteiger partial charge in [-0.1, -0.05) is 0 Å². The van der Waals surface area contributed by atoms with Gasteiger partial charge in [0.15, 0.2) is 0 Å². The number of aliphatic hydroxyl groups excluding tert-OH is 1. The van der Waals surface area contributed by atoms with Crippen LogP contribution in [0, 0.1) is 5.92 Å². The molecule has 104 valence electrons. The lowest BCUT2D eigenvalue weighted by molar-refractivity contribution is 0.0466. The molecule has 0 spiro atoms. The first-order chi connectivity index (χ1) is 9.11. The van der Waals surface area contributed by atoms with Crippen molar-refractivity contribution in [3.63, 3.8) is 0 Å². The van der Waals surface area contributed by atoms with Gasteiger partial charge in [-0.25, -0.2) is 0 Å². The first-order valence-corrected chi connectivity index (χ1v) is 7.95. The van der Waals surface area contributed by atoms with Crippen molar-refractivity contribution in [1.82, 2.24) is 4.90 Å². The minimum absolute atomic E-state index is 0.0815. The molecular weight excluding hydrogens is 258 g/mol. The molecule has 0 saturated carbocycles. The average molecular weight is 279 g/mol. The molecule has 1 amide bonds. The fourth-order valence-corrected chi connectivity index (χ4v) is 2.91. The molecule has 0 radical (unpaired) electrons. The normalized spacial score (nSPS) is 21.2. The summed E-state index contributed by atoms with van der Waals surface area (Å²) in [4.78, 5) is 15.4. The lowest BCUT2D eigenvalue weighted by atomic mass is 9.93. The maximum absolute atomic E-state index is 12.4. The molecule has 19 heavy (non-hydrogen) atoms. The quantitative estimate of drug-likeness (QED) is 0.865. The SMILES string of the molecule is CSc1ccc(C(=O)N2CCCC(C(C)O)C2)cc1. The van der Waals surface area contributed by atoms with E-state index in [4.69, 9.17) is 0 Å². The Balaban J connectivity index is 2.05. The largest absolute Gasteiger partial charge is 0.393 e. The Morgan fingerprint density at radius 3 is 2.68 bits per heavy atom. The average Bonchev–Trinajstić information content (AvgIpc) is 2.46. The maximum atomic E-state index is 12.4. The lowest BCUT2D eigenvalue weighted by Crippen LogP contribution is -2.42. The Morgan fingerprint density at radius 2 is 2.11 bits per heavy atom. The predicted molar refractivity (Wildman–Crippen MR) is 78.5 cm³/mol. The van der Waals surface area contributed by atoms with Gasteiger partial charge in [0.25, 0.3) is 5.91 Å². The van der Waals surface area contributed by atoms with Gasteiger partial charge in [0, 0.05) is 29.5 Å². The smallest absolute Gasteiger partial charge is 0.253 e. The molecule has 1 aromatic rings. The number of rotatable bonds is 3. The summed E-state index contributed by atoms with van der Waals surface area (Å²) < 4.78 is 0. The van der Waals surface area contributed by atoms with Crippen LogP contribution in [0.3, 0.4) is 0 Å². The number of amides is 1. The third-order valence-electron chi connectivity index (χ3n) is 3.76. The van der Waals surface area contributed by atoms with Gasteiger partial charge in [0.1, 0.15) is 0 Å². The lowest BCUT2D eigenvalue weighted by Gasteiger charge is -2.34. The molecule has 1 N–H and O–H groups in total. The van der Waals surface area contributed by atoms with E-state index in [2.05, 4.69) is 0 Å². The fourth-order valence-electron chi connectivity index (χ4n) is 2.50. The van der Waals surface area contributed by atoms with E-state index in [0.29, 0.717) is 6.54 Å². The molecule has 1 aliphatic heterocycles. The van der Waals surface area contributed by atoms with Gasteiger partial charge in [-0.2, -0.15) is 0 Å².